The summed E-state index contributed by atoms with van der Waals surface area (Å²) in [7, 11) is -2.39. The van der Waals surface area contributed by atoms with Crippen molar-refractivity contribution < 1.29 is 37.4 Å². The van der Waals surface area contributed by atoms with Crippen molar-refractivity contribution in [2.45, 2.75) is 54.7 Å². The van der Waals surface area contributed by atoms with Gasteiger partial charge >= 0.3 is 0 Å². The van der Waals surface area contributed by atoms with Gasteiger partial charge in [-0.1, -0.05) is 36.4 Å². The van der Waals surface area contributed by atoms with E-state index >= 15 is 0 Å². The van der Waals surface area contributed by atoms with E-state index in [1.54, 1.807) is 30.3 Å². The second-order valence-electron chi connectivity index (χ2n) is 12.7. The van der Waals surface area contributed by atoms with Gasteiger partial charge in [-0.15, -0.1) is 17.9 Å². The molecule has 3 amide bonds. The number of sulfonamides is 1. The first-order valence-corrected chi connectivity index (χ1v) is 18.6. The smallest absolute Gasteiger partial charge is 0.259 e. The van der Waals surface area contributed by atoms with Gasteiger partial charge in [-0.3, -0.25) is 19.1 Å². The lowest BCUT2D eigenvalue weighted by Gasteiger charge is -2.28. The number of para-hydroxylation sites is 2. The van der Waals surface area contributed by atoms with E-state index in [9.17, 15) is 27.9 Å². The number of aliphatic hydroxyl groups is 1. The van der Waals surface area contributed by atoms with Crippen LogP contribution in [0.25, 0.3) is 21.6 Å². The van der Waals surface area contributed by atoms with E-state index in [4.69, 9.17) is 19.4 Å². The molecule has 2 saturated carbocycles. The maximum atomic E-state index is 14.1. The Hall–Kier alpha value is -4.86. The number of nitrogens with one attached hydrogen (secondary N) is 2. The summed E-state index contributed by atoms with van der Waals surface area (Å²) < 4.78 is 39.0. The van der Waals surface area contributed by atoms with Gasteiger partial charge in [0, 0.05) is 12.3 Å². The normalized spacial score (nSPS) is 23.6. The molecule has 1 unspecified atom stereocenters. The number of nitrogens with zero attached hydrogens (tertiary/aromatic N) is 3. The molecule has 5 atom stereocenters. The number of aromatic nitrogens is 2. The van der Waals surface area contributed by atoms with E-state index in [2.05, 4.69) is 16.6 Å². The van der Waals surface area contributed by atoms with Crippen LogP contribution in [0.5, 0.6) is 11.6 Å². The van der Waals surface area contributed by atoms with Crippen molar-refractivity contribution >= 4 is 50.1 Å². The van der Waals surface area contributed by atoms with E-state index in [0.717, 1.165) is 4.88 Å². The fraction of sp³-hybridized carbons (Fsp3) is 0.343. The molecule has 2 aromatic heterocycles. The predicted molar refractivity (Wildman–Crippen MR) is 185 cm³/mol. The van der Waals surface area contributed by atoms with Gasteiger partial charge in [-0.2, -0.15) is 0 Å². The number of fused-ring (bicyclic) bond motifs is 1. The minimum atomic E-state index is -3.89. The Bertz CT molecular complexity index is 2070. The number of hydrogen-bond acceptors (Lipinski definition) is 11. The van der Waals surface area contributed by atoms with Crippen LogP contribution in [0, 0.1) is 5.92 Å². The van der Waals surface area contributed by atoms with Gasteiger partial charge in [-0.05, 0) is 60.5 Å². The first-order chi connectivity index (χ1) is 24.0. The van der Waals surface area contributed by atoms with Crippen LogP contribution in [-0.4, -0.2) is 82.7 Å². The summed E-state index contributed by atoms with van der Waals surface area (Å²) in [5.74, 6) is -2.07. The fourth-order valence-corrected chi connectivity index (χ4v) is 8.35. The van der Waals surface area contributed by atoms with Gasteiger partial charge in [0.15, 0.2) is 6.10 Å². The van der Waals surface area contributed by atoms with Crippen LogP contribution < -0.4 is 19.5 Å². The molecule has 2 aromatic carbocycles. The average Bonchev–Trinajstić information content (AvgIpc) is 3.99. The van der Waals surface area contributed by atoms with Gasteiger partial charge in [0.2, 0.25) is 21.8 Å². The third-order valence-electron chi connectivity index (χ3n) is 9.33. The molecule has 4 aromatic rings. The maximum Gasteiger partial charge on any atom is 0.259 e. The SMILES string of the molecule is C=C[C@@H]1C[C@]1(NC(=O)[C@@H]1C[C@@H](Oc2nc3ccccc3nc2-c2cccs2)CN1C(=O)C(O)c1ccc(OC)cc1)C(=O)NS(=O)(=O)C1CC1. The average molecular weight is 718 g/mol. The Balaban J connectivity index is 1.18. The zero-order valence-corrected chi connectivity index (χ0v) is 28.7. The molecule has 0 radical (unpaired) electrons. The topological polar surface area (TPSA) is 177 Å². The highest BCUT2D eigenvalue weighted by atomic mass is 32.2. The van der Waals surface area contributed by atoms with Gasteiger partial charge in [-0.25, -0.2) is 18.4 Å². The number of ether oxygens (including phenoxy) is 2. The summed E-state index contributed by atoms with van der Waals surface area (Å²) in [5, 5.41) is 15.2. The van der Waals surface area contributed by atoms with E-state index in [1.165, 1.54) is 29.4 Å². The van der Waals surface area contributed by atoms with Crippen LogP contribution in [0.1, 0.15) is 37.4 Å². The van der Waals surface area contributed by atoms with Crippen LogP contribution in [0.15, 0.2) is 78.7 Å². The Morgan fingerprint density at radius 1 is 1.08 bits per heavy atom. The number of carbonyl (C=O) groups excluding carboxylic acids is 3. The summed E-state index contributed by atoms with van der Waals surface area (Å²) in [6.45, 7) is 3.66. The highest BCUT2D eigenvalue weighted by Crippen LogP contribution is 2.45. The lowest BCUT2D eigenvalue weighted by Crippen LogP contribution is -2.56. The minimum absolute atomic E-state index is 0.0118. The second kappa shape index (κ2) is 13.1. The molecule has 260 valence electrons. The van der Waals surface area contributed by atoms with Crippen LogP contribution in [0.3, 0.4) is 0 Å². The highest BCUT2D eigenvalue weighted by Gasteiger charge is 2.62. The number of benzene rings is 2. The van der Waals surface area contributed by atoms with E-state index in [0.29, 0.717) is 35.3 Å². The molecule has 3 aliphatic rings. The first-order valence-electron chi connectivity index (χ1n) is 16.1. The Morgan fingerprint density at radius 2 is 1.80 bits per heavy atom. The molecule has 1 saturated heterocycles. The van der Waals surface area contributed by atoms with E-state index < -0.39 is 62.7 Å². The van der Waals surface area contributed by atoms with Crippen LogP contribution in [0.2, 0.25) is 0 Å². The third-order valence-corrected chi connectivity index (χ3v) is 12.0. The number of thiophene rings is 1. The summed E-state index contributed by atoms with van der Waals surface area (Å²) in [5.41, 5.74) is 0.493. The quantitative estimate of drug-likeness (QED) is 0.185. The van der Waals surface area contributed by atoms with Gasteiger partial charge in [0.1, 0.15) is 29.1 Å². The molecule has 3 N–H and O–H groups in total. The summed E-state index contributed by atoms with van der Waals surface area (Å²) in [6.07, 6.45) is 0.147. The zero-order chi connectivity index (χ0) is 35.2. The number of hydrogen-bond donors (Lipinski definition) is 3. The molecule has 3 fully saturated rings. The van der Waals surface area contributed by atoms with Crippen LogP contribution >= 0.6 is 11.3 Å². The van der Waals surface area contributed by atoms with Crippen molar-refractivity contribution in [3.63, 3.8) is 0 Å². The zero-order valence-electron chi connectivity index (χ0n) is 27.0. The predicted octanol–water partition coefficient (Wildman–Crippen LogP) is 3.12. The molecule has 0 spiro atoms. The number of carbonyl (C=O) groups is 3. The largest absolute Gasteiger partial charge is 0.497 e. The van der Waals surface area contributed by atoms with E-state index in [1.807, 2.05) is 35.7 Å². The van der Waals surface area contributed by atoms with E-state index in [-0.39, 0.29) is 30.8 Å². The van der Waals surface area contributed by atoms with Gasteiger partial charge in [0.05, 0.1) is 34.8 Å². The molecule has 0 bridgehead atoms. The lowest BCUT2D eigenvalue weighted by atomic mass is 10.1. The maximum absolute atomic E-state index is 14.1. The summed E-state index contributed by atoms with van der Waals surface area (Å²) in [4.78, 5) is 53.0. The Morgan fingerprint density at radius 3 is 2.42 bits per heavy atom. The van der Waals surface area contributed by atoms with Gasteiger partial charge < -0.3 is 24.8 Å². The number of methoxy groups -OCH3 is 1. The van der Waals surface area contributed by atoms with Crippen molar-refractivity contribution in [3.8, 4) is 22.2 Å². The monoisotopic (exact) mass is 717 g/mol. The highest BCUT2D eigenvalue weighted by molar-refractivity contribution is 7.91. The van der Waals surface area contributed by atoms with Crippen molar-refractivity contribution in [2.24, 2.45) is 5.92 Å². The molecular weight excluding hydrogens is 683 g/mol. The van der Waals surface area contributed by atoms with Crippen molar-refractivity contribution in [3.05, 3.63) is 84.3 Å². The molecule has 3 heterocycles. The number of rotatable bonds is 12. The third kappa shape index (κ3) is 6.43. The Labute approximate surface area is 292 Å². The summed E-state index contributed by atoms with van der Waals surface area (Å²) >= 11 is 1.46. The standard InChI is InChI=1S/C35H35N5O8S2/c1-3-21-18-35(21,34(44)39-50(45,46)24-14-15-24)38-31(42)27-17-23(19-40(27)33(43)30(41)20-10-12-22(47-2)13-11-20)48-32-29(28-9-6-16-49-28)36-25-7-4-5-8-26(25)37-32/h3-13,16,21,23-24,27,30,41H,1,14-15,17-19H2,2H3,(H,38,42)(H,39,44)/t21-,23-,27+,30?,35-/m1/s1. The second-order valence-corrected chi connectivity index (χ2v) is 15.6. The number of likely N-dealkylation sites (tertiary alicyclic amines) is 1. The first kappa shape index (κ1) is 33.6. The van der Waals surface area contributed by atoms with Crippen LogP contribution in [0.4, 0.5) is 0 Å². The molecule has 13 nitrogen and oxygen atoms in total. The van der Waals surface area contributed by atoms with Crippen molar-refractivity contribution in [1.82, 2.24) is 24.9 Å². The summed E-state index contributed by atoms with van der Waals surface area (Å²) in [6, 6.07) is 16.2. The number of aliphatic hydroxyl groups excluding tert-OH is 1. The molecule has 50 heavy (non-hydrogen) atoms. The molecule has 7 rings (SSSR count). The van der Waals surface area contributed by atoms with Crippen LogP contribution in [-0.2, 0) is 24.4 Å². The molecular formula is C35H35N5O8S2. The van der Waals surface area contributed by atoms with Gasteiger partial charge in [0.25, 0.3) is 11.8 Å². The van der Waals surface area contributed by atoms with Crippen molar-refractivity contribution in [1.29, 1.82) is 0 Å². The minimum Gasteiger partial charge on any atom is -0.497 e. The molecule has 2 aliphatic carbocycles. The fourth-order valence-electron chi connectivity index (χ4n) is 6.28. The van der Waals surface area contributed by atoms with Crippen molar-refractivity contribution in [2.75, 3.05) is 13.7 Å². The molecule has 1 aliphatic heterocycles. The Kier molecular flexibility index (Phi) is 8.82. The molecule has 15 heteroatoms. The lowest BCUT2D eigenvalue weighted by molar-refractivity contribution is -0.146. The number of amides is 3.